The second kappa shape index (κ2) is 3.60. The lowest BCUT2D eigenvalue weighted by Crippen LogP contribution is -2.41. The first-order chi connectivity index (χ1) is 6.21. The lowest BCUT2D eigenvalue weighted by molar-refractivity contribution is -0.148. The van der Waals surface area contributed by atoms with Crippen molar-refractivity contribution in [3.05, 3.63) is 12.7 Å². The third-order valence-corrected chi connectivity index (χ3v) is 2.26. The van der Waals surface area contributed by atoms with E-state index in [2.05, 4.69) is 11.9 Å². The molecule has 2 atom stereocenters. The van der Waals surface area contributed by atoms with Crippen molar-refractivity contribution in [2.75, 3.05) is 6.61 Å². The predicted molar refractivity (Wildman–Crippen MR) is 46.9 cm³/mol. The molecular formula is C9H13NO3. The van der Waals surface area contributed by atoms with Crippen LogP contribution < -0.4 is 5.32 Å². The molecule has 1 rings (SSSR count). The summed E-state index contributed by atoms with van der Waals surface area (Å²) < 4.78 is 4.85. The molecule has 0 aromatic heterocycles. The molecule has 1 fully saturated rings. The molecule has 0 spiro atoms. The van der Waals surface area contributed by atoms with Gasteiger partial charge in [-0.2, -0.15) is 0 Å². The Balaban J connectivity index is 2.64. The first kappa shape index (κ1) is 9.77. The van der Waals surface area contributed by atoms with Gasteiger partial charge >= 0.3 is 5.97 Å². The maximum atomic E-state index is 11.4. The van der Waals surface area contributed by atoms with Gasteiger partial charge < -0.3 is 10.1 Å². The van der Waals surface area contributed by atoms with Gasteiger partial charge in [-0.15, -0.1) is 6.58 Å². The zero-order valence-corrected chi connectivity index (χ0v) is 7.58. The van der Waals surface area contributed by atoms with Crippen LogP contribution in [0, 0.1) is 5.92 Å². The Morgan fingerprint density at radius 1 is 1.85 bits per heavy atom. The van der Waals surface area contributed by atoms with Gasteiger partial charge in [0.05, 0.1) is 6.61 Å². The molecule has 0 bridgehead atoms. The van der Waals surface area contributed by atoms with Crippen LogP contribution >= 0.6 is 0 Å². The van der Waals surface area contributed by atoms with Crippen LogP contribution in [-0.2, 0) is 14.3 Å². The molecule has 72 valence electrons. The number of hydrogen-bond donors (Lipinski definition) is 1. The summed E-state index contributed by atoms with van der Waals surface area (Å²) in [6.45, 7) is 5.64. The fourth-order valence-corrected chi connectivity index (χ4v) is 1.40. The van der Waals surface area contributed by atoms with Crippen LogP contribution in [0.4, 0.5) is 0 Å². The van der Waals surface area contributed by atoms with Crippen molar-refractivity contribution in [2.45, 2.75) is 18.9 Å². The molecule has 1 saturated carbocycles. The fraction of sp³-hybridized carbons (Fsp3) is 0.556. The average molecular weight is 183 g/mol. The summed E-state index contributed by atoms with van der Waals surface area (Å²) in [4.78, 5) is 21.7. The van der Waals surface area contributed by atoms with Crippen molar-refractivity contribution in [3.8, 4) is 0 Å². The lowest BCUT2D eigenvalue weighted by atomic mass is 10.2. The average Bonchev–Trinajstić information content (AvgIpc) is 2.81. The Kier molecular flexibility index (Phi) is 2.70. The van der Waals surface area contributed by atoms with Crippen LogP contribution in [0.2, 0.25) is 0 Å². The lowest BCUT2D eigenvalue weighted by Gasteiger charge is -2.13. The van der Waals surface area contributed by atoms with Gasteiger partial charge in [0.15, 0.2) is 0 Å². The third kappa shape index (κ3) is 1.56. The summed E-state index contributed by atoms with van der Waals surface area (Å²) in [7, 11) is 0. The molecule has 1 aliphatic rings. The van der Waals surface area contributed by atoms with Crippen molar-refractivity contribution in [1.29, 1.82) is 0 Å². The zero-order chi connectivity index (χ0) is 9.90. The molecule has 0 saturated heterocycles. The molecule has 0 aromatic rings. The standard InChI is InChI=1S/C9H13NO3/c1-3-7-5-9(7,10-6-11)8(12)13-4-2/h3,6-7H,1,4-5H2,2H3,(H,10,11)/t7-,9-/m1/s1. The van der Waals surface area contributed by atoms with Crippen LogP contribution in [0.25, 0.3) is 0 Å². The number of esters is 1. The molecule has 1 amide bonds. The van der Waals surface area contributed by atoms with Crippen molar-refractivity contribution in [2.24, 2.45) is 5.92 Å². The first-order valence-corrected chi connectivity index (χ1v) is 4.22. The highest BCUT2D eigenvalue weighted by molar-refractivity contribution is 5.88. The monoisotopic (exact) mass is 183 g/mol. The molecule has 13 heavy (non-hydrogen) atoms. The van der Waals surface area contributed by atoms with E-state index in [-0.39, 0.29) is 11.9 Å². The summed E-state index contributed by atoms with van der Waals surface area (Å²) in [5.41, 5.74) is -0.820. The van der Waals surface area contributed by atoms with E-state index < -0.39 is 5.54 Å². The number of rotatable bonds is 5. The van der Waals surface area contributed by atoms with Gasteiger partial charge in [-0.25, -0.2) is 4.79 Å². The van der Waals surface area contributed by atoms with E-state index in [0.29, 0.717) is 19.4 Å². The van der Waals surface area contributed by atoms with Crippen LogP contribution in [0.15, 0.2) is 12.7 Å². The van der Waals surface area contributed by atoms with Crippen molar-refractivity contribution >= 4 is 12.4 Å². The Morgan fingerprint density at radius 3 is 2.92 bits per heavy atom. The van der Waals surface area contributed by atoms with Crippen LogP contribution in [0.5, 0.6) is 0 Å². The topological polar surface area (TPSA) is 55.4 Å². The molecule has 4 heteroatoms. The molecule has 4 nitrogen and oxygen atoms in total. The van der Waals surface area contributed by atoms with E-state index in [1.54, 1.807) is 13.0 Å². The summed E-state index contributed by atoms with van der Waals surface area (Å²) in [6, 6.07) is 0. The van der Waals surface area contributed by atoms with Gasteiger partial charge in [-0.3, -0.25) is 4.79 Å². The summed E-state index contributed by atoms with van der Waals surface area (Å²) >= 11 is 0. The maximum absolute atomic E-state index is 11.4. The minimum atomic E-state index is -0.820. The largest absolute Gasteiger partial charge is 0.464 e. The Labute approximate surface area is 76.9 Å². The normalized spacial score (nSPS) is 30.4. The number of carbonyl (C=O) groups excluding carboxylic acids is 2. The summed E-state index contributed by atoms with van der Waals surface area (Å²) in [5.74, 6) is -0.358. The van der Waals surface area contributed by atoms with Crippen molar-refractivity contribution in [3.63, 3.8) is 0 Å². The van der Waals surface area contributed by atoms with Crippen molar-refractivity contribution in [1.82, 2.24) is 5.32 Å². The Hall–Kier alpha value is -1.32. The maximum Gasteiger partial charge on any atom is 0.332 e. The second-order valence-electron chi connectivity index (χ2n) is 3.00. The van der Waals surface area contributed by atoms with E-state index in [9.17, 15) is 9.59 Å². The molecule has 0 aromatic carbocycles. The Morgan fingerprint density at radius 2 is 2.54 bits per heavy atom. The predicted octanol–water partition coefficient (Wildman–Crippen LogP) is 0.240. The minimum Gasteiger partial charge on any atom is -0.464 e. The van der Waals surface area contributed by atoms with Crippen LogP contribution in [0.1, 0.15) is 13.3 Å². The van der Waals surface area contributed by atoms with Gasteiger partial charge in [0, 0.05) is 5.92 Å². The molecule has 0 unspecified atom stereocenters. The van der Waals surface area contributed by atoms with Crippen LogP contribution in [-0.4, -0.2) is 24.5 Å². The summed E-state index contributed by atoms with van der Waals surface area (Å²) in [6.07, 6.45) is 2.78. The molecule has 0 aliphatic heterocycles. The second-order valence-corrected chi connectivity index (χ2v) is 3.00. The highest BCUT2D eigenvalue weighted by Gasteiger charge is 2.60. The number of ether oxygens (including phenoxy) is 1. The Bertz CT molecular complexity index is 239. The number of carbonyl (C=O) groups is 2. The van der Waals surface area contributed by atoms with E-state index >= 15 is 0 Å². The van der Waals surface area contributed by atoms with E-state index in [1.807, 2.05) is 0 Å². The smallest absolute Gasteiger partial charge is 0.332 e. The van der Waals surface area contributed by atoms with Gasteiger partial charge in [0.25, 0.3) is 0 Å². The number of amides is 1. The number of nitrogens with one attached hydrogen (secondary N) is 1. The number of hydrogen-bond acceptors (Lipinski definition) is 3. The molecule has 0 heterocycles. The van der Waals surface area contributed by atoms with E-state index in [4.69, 9.17) is 4.74 Å². The van der Waals surface area contributed by atoms with Crippen molar-refractivity contribution < 1.29 is 14.3 Å². The van der Waals surface area contributed by atoms with Crippen LogP contribution in [0.3, 0.4) is 0 Å². The fourth-order valence-electron chi connectivity index (χ4n) is 1.40. The van der Waals surface area contributed by atoms with Gasteiger partial charge in [0.2, 0.25) is 6.41 Å². The quantitative estimate of drug-likeness (QED) is 0.377. The first-order valence-electron chi connectivity index (χ1n) is 4.22. The molecule has 1 N–H and O–H groups in total. The zero-order valence-electron chi connectivity index (χ0n) is 7.58. The van der Waals surface area contributed by atoms with E-state index in [1.165, 1.54) is 0 Å². The summed E-state index contributed by atoms with van der Waals surface area (Å²) in [5, 5.41) is 2.49. The SMILES string of the molecule is C=C[C@@H]1C[C@]1(NC=O)C(=O)OCC. The highest BCUT2D eigenvalue weighted by atomic mass is 16.5. The highest BCUT2D eigenvalue weighted by Crippen LogP contribution is 2.44. The van der Waals surface area contributed by atoms with Gasteiger partial charge in [-0.05, 0) is 13.3 Å². The van der Waals surface area contributed by atoms with E-state index in [0.717, 1.165) is 0 Å². The minimum absolute atomic E-state index is 0.0109. The molecular weight excluding hydrogens is 170 g/mol. The third-order valence-electron chi connectivity index (χ3n) is 2.26. The van der Waals surface area contributed by atoms with Gasteiger partial charge in [0.1, 0.15) is 5.54 Å². The molecule has 1 aliphatic carbocycles. The van der Waals surface area contributed by atoms with Gasteiger partial charge in [-0.1, -0.05) is 6.08 Å². The molecule has 0 radical (unpaired) electrons.